The molecule has 0 aliphatic heterocycles. The Morgan fingerprint density at radius 2 is 1.71 bits per heavy atom. The van der Waals surface area contributed by atoms with Crippen molar-refractivity contribution < 1.29 is 0 Å². The van der Waals surface area contributed by atoms with Crippen LogP contribution in [0.2, 0.25) is 0 Å². The van der Waals surface area contributed by atoms with Crippen LogP contribution in [0.25, 0.3) is 0 Å². The van der Waals surface area contributed by atoms with Gasteiger partial charge in [0.1, 0.15) is 5.82 Å². The van der Waals surface area contributed by atoms with E-state index in [1.54, 1.807) is 6.20 Å². The van der Waals surface area contributed by atoms with Crippen molar-refractivity contribution in [3.63, 3.8) is 0 Å². The molecule has 0 atom stereocenters. The molecule has 88 valence electrons. The van der Waals surface area contributed by atoms with Gasteiger partial charge < -0.3 is 5.32 Å². The molecule has 5 heteroatoms. The first-order valence-electron chi connectivity index (χ1n) is 4.94. The summed E-state index contributed by atoms with van der Waals surface area (Å²) in [7, 11) is 0. The van der Waals surface area contributed by atoms with Gasteiger partial charge in [-0.1, -0.05) is 28.1 Å². The van der Waals surface area contributed by atoms with E-state index in [2.05, 4.69) is 70.2 Å². The second-order valence-electron chi connectivity index (χ2n) is 3.46. The highest BCUT2D eigenvalue weighted by Gasteiger charge is 2.01. The van der Waals surface area contributed by atoms with Crippen molar-refractivity contribution in [3.8, 4) is 0 Å². The van der Waals surface area contributed by atoms with E-state index in [1.807, 2.05) is 18.2 Å². The minimum absolute atomic E-state index is 0.751. The Balaban J connectivity index is 2.04. The van der Waals surface area contributed by atoms with Crippen molar-refractivity contribution in [1.29, 1.82) is 0 Å². The van der Waals surface area contributed by atoms with Crippen molar-refractivity contribution in [2.75, 3.05) is 5.32 Å². The number of halogens is 3. The van der Waals surface area contributed by atoms with E-state index < -0.39 is 0 Å². The van der Waals surface area contributed by atoms with Crippen LogP contribution in [0.5, 0.6) is 0 Å². The average Bonchev–Trinajstić information content (AvgIpc) is 2.30. The molecule has 0 aliphatic carbocycles. The Hall–Kier alpha value is -0.390. The molecule has 17 heavy (non-hydrogen) atoms. The molecule has 1 heterocycles. The molecule has 0 fully saturated rings. The number of nitrogens with one attached hydrogen (secondary N) is 1. The lowest BCUT2D eigenvalue weighted by molar-refractivity contribution is 1.10. The van der Waals surface area contributed by atoms with Gasteiger partial charge in [-0.3, -0.25) is 0 Å². The molecule has 2 aromatic rings. The van der Waals surface area contributed by atoms with E-state index in [1.165, 1.54) is 5.56 Å². The third kappa shape index (κ3) is 3.79. The van der Waals surface area contributed by atoms with Crippen molar-refractivity contribution in [1.82, 2.24) is 4.98 Å². The molecule has 2 rings (SSSR count). The standard InChI is InChI=1S/C12H9Br3N2/c13-9-3-1-8(2-4-9)6-16-12-11(15)5-10(14)7-17-12/h1-5,7H,6H2,(H,16,17). The first kappa shape index (κ1) is 13.1. The predicted molar refractivity (Wildman–Crippen MR) is 81.1 cm³/mol. The maximum absolute atomic E-state index is 4.30. The normalized spacial score (nSPS) is 10.3. The third-order valence-electron chi connectivity index (χ3n) is 2.18. The van der Waals surface area contributed by atoms with Crippen LogP contribution >= 0.6 is 47.8 Å². The van der Waals surface area contributed by atoms with E-state index in [4.69, 9.17) is 0 Å². The Labute approximate surface area is 125 Å². The summed E-state index contributed by atoms with van der Waals surface area (Å²) >= 11 is 10.3. The molecule has 0 saturated heterocycles. The third-order valence-corrected chi connectivity index (χ3v) is 3.75. The summed E-state index contributed by atoms with van der Waals surface area (Å²) in [5.41, 5.74) is 1.21. The number of benzene rings is 1. The molecule has 0 bridgehead atoms. The second-order valence-corrected chi connectivity index (χ2v) is 6.15. The van der Waals surface area contributed by atoms with Crippen LogP contribution < -0.4 is 5.32 Å². The van der Waals surface area contributed by atoms with Crippen LogP contribution in [-0.2, 0) is 6.54 Å². The predicted octanol–water partition coefficient (Wildman–Crippen LogP) is 4.98. The van der Waals surface area contributed by atoms with Crippen LogP contribution in [0, 0.1) is 0 Å². The van der Waals surface area contributed by atoms with Crippen molar-refractivity contribution in [2.45, 2.75) is 6.54 Å². The molecule has 1 N–H and O–H groups in total. The van der Waals surface area contributed by atoms with Gasteiger partial charge in [0.2, 0.25) is 0 Å². The number of nitrogens with zero attached hydrogens (tertiary/aromatic N) is 1. The Kier molecular flexibility index (Phi) is 4.59. The van der Waals surface area contributed by atoms with Gasteiger partial charge in [0.15, 0.2) is 0 Å². The number of hydrogen-bond acceptors (Lipinski definition) is 2. The van der Waals surface area contributed by atoms with Crippen LogP contribution in [0.1, 0.15) is 5.56 Å². The molecule has 0 unspecified atom stereocenters. The maximum Gasteiger partial charge on any atom is 0.140 e. The number of anilines is 1. The summed E-state index contributed by atoms with van der Waals surface area (Å²) in [5, 5.41) is 3.28. The van der Waals surface area contributed by atoms with E-state index in [0.29, 0.717) is 0 Å². The molecule has 0 aliphatic rings. The summed E-state index contributed by atoms with van der Waals surface area (Å²) in [6, 6.07) is 10.2. The molecular formula is C12H9Br3N2. The topological polar surface area (TPSA) is 24.9 Å². The average molecular weight is 421 g/mol. The molecular weight excluding hydrogens is 412 g/mol. The minimum atomic E-state index is 0.751. The molecule has 0 radical (unpaired) electrons. The minimum Gasteiger partial charge on any atom is -0.365 e. The largest absolute Gasteiger partial charge is 0.365 e. The maximum atomic E-state index is 4.30. The number of pyridine rings is 1. The molecule has 1 aromatic heterocycles. The van der Waals surface area contributed by atoms with Gasteiger partial charge in [0.05, 0.1) is 4.47 Å². The van der Waals surface area contributed by atoms with E-state index in [-0.39, 0.29) is 0 Å². The van der Waals surface area contributed by atoms with E-state index >= 15 is 0 Å². The summed E-state index contributed by atoms with van der Waals surface area (Å²) < 4.78 is 2.99. The number of hydrogen-bond donors (Lipinski definition) is 1. The molecule has 1 aromatic carbocycles. The summed E-state index contributed by atoms with van der Waals surface area (Å²) in [5.74, 6) is 0.844. The highest BCUT2D eigenvalue weighted by molar-refractivity contribution is 9.11. The fourth-order valence-corrected chi connectivity index (χ4v) is 2.72. The van der Waals surface area contributed by atoms with Gasteiger partial charge >= 0.3 is 0 Å². The van der Waals surface area contributed by atoms with Crippen LogP contribution in [0.3, 0.4) is 0 Å². The second kappa shape index (κ2) is 5.98. The van der Waals surface area contributed by atoms with Gasteiger partial charge in [0, 0.05) is 21.7 Å². The quantitative estimate of drug-likeness (QED) is 0.757. The molecule has 0 saturated carbocycles. The zero-order chi connectivity index (χ0) is 12.3. The van der Waals surface area contributed by atoms with Crippen LogP contribution in [0.4, 0.5) is 5.82 Å². The van der Waals surface area contributed by atoms with Gasteiger partial charge in [-0.25, -0.2) is 4.98 Å². The fraction of sp³-hybridized carbons (Fsp3) is 0.0833. The first-order chi connectivity index (χ1) is 8.15. The van der Waals surface area contributed by atoms with Crippen LogP contribution in [0.15, 0.2) is 49.9 Å². The summed E-state index contributed by atoms with van der Waals surface area (Å²) in [4.78, 5) is 4.30. The lowest BCUT2D eigenvalue weighted by Gasteiger charge is -2.07. The van der Waals surface area contributed by atoms with Gasteiger partial charge in [-0.05, 0) is 55.6 Å². The molecule has 2 nitrogen and oxygen atoms in total. The van der Waals surface area contributed by atoms with Crippen LogP contribution in [-0.4, -0.2) is 4.98 Å². The highest BCUT2D eigenvalue weighted by Crippen LogP contribution is 2.24. The first-order valence-corrected chi connectivity index (χ1v) is 7.32. The number of aromatic nitrogens is 1. The van der Waals surface area contributed by atoms with Gasteiger partial charge in [0.25, 0.3) is 0 Å². The van der Waals surface area contributed by atoms with E-state index in [9.17, 15) is 0 Å². The Bertz CT molecular complexity index is 512. The Morgan fingerprint density at radius 1 is 1.00 bits per heavy atom. The SMILES string of the molecule is Brc1ccc(CNc2ncc(Br)cc2Br)cc1. The fourth-order valence-electron chi connectivity index (χ4n) is 1.33. The molecule has 0 amide bonds. The zero-order valence-corrected chi connectivity index (χ0v) is 13.5. The smallest absolute Gasteiger partial charge is 0.140 e. The zero-order valence-electron chi connectivity index (χ0n) is 8.75. The van der Waals surface area contributed by atoms with E-state index in [0.717, 1.165) is 25.8 Å². The lowest BCUT2D eigenvalue weighted by atomic mass is 10.2. The van der Waals surface area contributed by atoms with Crippen molar-refractivity contribution in [2.24, 2.45) is 0 Å². The monoisotopic (exact) mass is 418 g/mol. The van der Waals surface area contributed by atoms with Gasteiger partial charge in [-0.15, -0.1) is 0 Å². The van der Waals surface area contributed by atoms with Crippen molar-refractivity contribution in [3.05, 3.63) is 55.5 Å². The highest BCUT2D eigenvalue weighted by atomic mass is 79.9. The summed E-state index contributed by atoms with van der Waals surface area (Å²) in [6.07, 6.45) is 1.77. The summed E-state index contributed by atoms with van der Waals surface area (Å²) in [6.45, 7) is 0.751. The number of rotatable bonds is 3. The van der Waals surface area contributed by atoms with Gasteiger partial charge in [-0.2, -0.15) is 0 Å². The molecule has 0 spiro atoms. The Morgan fingerprint density at radius 3 is 2.35 bits per heavy atom. The lowest BCUT2D eigenvalue weighted by Crippen LogP contribution is -2.01. The van der Waals surface area contributed by atoms with Crippen molar-refractivity contribution >= 4 is 53.6 Å².